The Balaban J connectivity index is 3.22. The molecule has 0 aliphatic rings. The molecule has 1 aromatic carbocycles. The number of hydrogen-bond donors (Lipinski definition) is 1. The Morgan fingerprint density at radius 3 is 2.53 bits per heavy atom. The van der Waals surface area contributed by atoms with Crippen molar-refractivity contribution in [3.63, 3.8) is 0 Å². The summed E-state index contributed by atoms with van der Waals surface area (Å²) < 4.78 is 13.9. The molecule has 1 unspecified atom stereocenters. The fourth-order valence-corrected chi connectivity index (χ4v) is 1.77. The van der Waals surface area contributed by atoms with Crippen molar-refractivity contribution in [3.05, 3.63) is 39.7 Å². The minimum absolute atomic E-state index is 0.0489. The molecule has 0 heterocycles. The largest absolute Gasteiger partial charge is 0.481 e. The number of rotatable bonds is 5. The lowest BCUT2D eigenvalue weighted by Crippen LogP contribution is -2.35. The molecule has 0 fully saturated rings. The van der Waals surface area contributed by atoms with E-state index in [-0.39, 0.29) is 17.9 Å². The molecular formula is C13H16FNO4. The molecule has 0 spiro atoms. The normalized spacial score (nSPS) is 14.2. The van der Waals surface area contributed by atoms with E-state index in [9.17, 15) is 24.4 Å². The summed E-state index contributed by atoms with van der Waals surface area (Å²) in [6.07, 6.45) is -0.0898. The number of aliphatic carboxylic acids is 1. The van der Waals surface area contributed by atoms with E-state index in [1.807, 2.05) is 0 Å². The third kappa shape index (κ3) is 2.89. The van der Waals surface area contributed by atoms with Crippen molar-refractivity contribution >= 4 is 11.7 Å². The van der Waals surface area contributed by atoms with E-state index in [1.54, 1.807) is 13.8 Å². The Bertz CT molecular complexity index is 515. The SMILES string of the molecule is CC(C)C(C)(Cc1cccc([N+](=O)[O-])c1F)C(=O)O. The second-order valence-electron chi connectivity index (χ2n) is 5.06. The van der Waals surface area contributed by atoms with Crippen LogP contribution < -0.4 is 0 Å². The van der Waals surface area contributed by atoms with Gasteiger partial charge in [-0.2, -0.15) is 4.39 Å². The molecule has 1 rings (SSSR count). The first-order chi connectivity index (χ1) is 8.70. The minimum Gasteiger partial charge on any atom is -0.481 e. The smallest absolute Gasteiger partial charge is 0.309 e. The molecule has 19 heavy (non-hydrogen) atoms. The maximum absolute atomic E-state index is 13.9. The summed E-state index contributed by atoms with van der Waals surface area (Å²) in [5.41, 5.74) is -1.75. The van der Waals surface area contributed by atoms with Crippen LogP contribution in [0.3, 0.4) is 0 Å². The van der Waals surface area contributed by atoms with Crippen LogP contribution in [0.1, 0.15) is 26.3 Å². The number of halogens is 1. The van der Waals surface area contributed by atoms with Crippen LogP contribution in [0.2, 0.25) is 0 Å². The molecule has 1 atom stereocenters. The van der Waals surface area contributed by atoms with Crippen molar-refractivity contribution in [2.75, 3.05) is 0 Å². The van der Waals surface area contributed by atoms with Gasteiger partial charge in [-0.3, -0.25) is 14.9 Å². The van der Waals surface area contributed by atoms with Crippen molar-refractivity contribution < 1.29 is 19.2 Å². The lowest BCUT2D eigenvalue weighted by Gasteiger charge is -2.29. The second kappa shape index (κ2) is 5.34. The lowest BCUT2D eigenvalue weighted by molar-refractivity contribution is -0.387. The van der Waals surface area contributed by atoms with Crippen molar-refractivity contribution in [1.29, 1.82) is 0 Å². The molecule has 0 aromatic heterocycles. The highest BCUT2D eigenvalue weighted by atomic mass is 19.1. The van der Waals surface area contributed by atoms with E-state index in [4.69, 9.17) is 0 Å². The van der Waals surface area contributed by atoms with Crippen molar-refractivity contribution in [3.8, 4) is 0 Å². The fraction of sp³-hybridized carbons (Fsp3) is 0.462. The van der Waals surface area contributed by atoms with Crippen LogP contribution in [0.15, 0.2) is 18.2 Å². The van der Waals surface area contributed by atoms with E-state index >= 15 is 0 Å². The fourth-order valence-electron chi connectivity index (χ4n) is 1.77. The predicted octanol–water partition coefficient (Wildman–Crippen LogP) is 3.02. The number of carboxylic acids is 1. The zero-order chi connectivity index (χ0) is 14.8. The number of carboxylic acid groups (broad SMARTS) is 1. The van der Waals surface area contributed by atoms with Crippen LogP contribution in [0.4, 0.5) is 10.1 Å². The van der Waals surface area contributed by atoms with Gasteiger partial charge in [0, 0.05) is 6.07 Å². The van der Waals surface area contributed by atoms with Gasteiger partial charge in [-0.25, -0.2) is 0 Å². The van der Waals surface area contributed by atoms with E-state index in [0.29, 0.717) is 0 Å². The number of hydrogen-bond acceptors (Lipinski definition) is 3. The average Bonchev–Trinajstić information content (AvgIpc) is 2.30. The zero-order valence-corrected chi connectivity index (χ0v) is 11.0. The predicted molar refractivity (Wildman–Crippen MR) is 67.3 cm³/mol. The number of nitro benzene ring substituents is 1. The summed E-state index contributed by atoms with van der Waals surface area (Å²) in [4.78, 5) is 21.2. The summed E-state index contributed by atoms with van der Waals surface area (Å²) in [5, 5.41) is 19.9. The zero-order valence-electron chi connectivity index (χ0n) is 11.0. The van der Waals surface area contributed by atoms with Crippen molar-refractivity contribution in [2.24, 2.45) is 11.3 Å². The van der Waals surface area contributed by atoms with Gasteiger partial charge in [0.1, 0.15) is 0 Å². The van der Waals surface area contributed by atoms with E-state index < -0.39 is 27.8 Å². The highest BCUT2D eigenvalue weighted by Gasteiger charge is 2.38. The van der Waals surface area contributed by atoms with E-state index in [0.717, 1.165) is 6.07 Å². The van der Waals surface area contributed by atoms with Gasteiger partial charge in [0.2, 0.25) is 5.82 Å². The molecule has 0 saturated heterocycles. The van der Waals surface area contributed by atoms with Crippen LogP contribution in [0.25, 0.3) is 0 Å². The van der Waals surface area contributed by atoms with E-state index in [2.05, 4.69) is 0 Å². The summed E-state index contributed by atoms with van der Waals surface area (Å²) in [6, 6.07) is 3.80. The Morgan fingerprint density at radius 1 is 1.53 bits per heavy atom. The molecule has 0 amide bonds. The highest BCUT2D eigenvalue weighted by molar-refractivity contribution is 5.75. The van der Waals surface area contributed by atoms with Crippen LogP contribution in [0.5, 0.6) is 0 Å². The Kier molecular flexibility index (Phi) is 4.24. The Hall–Kier alpha value is -1.98. The second-order valence-corrected chi connectivity index (χ2v) is 5.06. The molecule has 6 heteroatoms. The van der Waals surface area contributed by atoms with Gasteiger partial charge in [-0.15, -0.1) is 0 Å². The Morgan fingerprint density at radius 2 is 2.11 bits per heavy atom. The van der Waals surface area contributed by atoms with Gasteiger partial charge in [0.05, 0.1) is 10.3 Å². The van der Waals surface area contributed by atoms with Crippen LogP contribution in [-0.2, 0) is 11.2 Å². The molecule has 1 N–H and O–H groups in total. The molecule has 0 aliphatic heterocycles. The average molecular weight is 269 g/mol. The van der Waals surface area contributed by atoms with Crippen molar-refractivity contribution in [1.82, 2.24) is 0 Å². The maximum Gasteiger partial charge on any atom is 0.309 e. The first-order valence-corrected chi connectivity index (χ1v) is 5.85. The Labute approximate surface area is 110 Å². The number of carbonyl (C=O) groups is 1. The summed E-state index contributed by atoms with van der Waals surface area (Å²) in [5.74, 6) is -2.24. The van der Waals surface area contributed by atoms with Crippen LogP contribution >= 0.6 is 0 Å². The minimum atomic E-state index is -1.17. The quantitative estimate of drug-likeness (QED) is 0.658. The van der Waals surface area contributed by atoms with E-state index in [1.165, 1.54) is 19.1 Å². The highest BCUT2D eigenvalue weighted by Crippen LogP contribution is 2.34. The standard InChI is InChI=1S/C13H16FNO4/c1-8(2)13(3,12(16)17)7-9-5-4-6-10(11(9)14)15(18)19/h4-6,8H,7H2,1-3H3,(H,16,17). The van der Waals surface area contributed by atoms with Crippen LogP contribution in [0, 0.1) is 27.3 Å². The van der Waals surface area contributed by atoms with Crippen molar-refractivity contribution in [2.45, 2.75) is 27.2 Å². The van der Waals surface area contributed by atoms with Gasteiger partial charge in [-0.05, 0) is 24.8 Å². The number of nitro groups is 1. The topological polar surface area (TPSA) is 80.4 Å². The summed E-state index contributed by atoms with van der Waals surface area (Å²) in [6.45, 7) is 4.96. The summed E-state index contributed by atoms with van der Waals surface area (Å²) in [7, 11) is 0. The van der Waals surface area contributed by atoms with Gasteiger partial charge in [0.25, 0.3) is 0 Å². The molecular weight excluding hydrogens is 253 g/mol. The molecule has 0 aliphatic carbocycles. The van der Waals surface area contributed by atoms with Gasteiger partial charge in [0.15, 0.2) is 0 Å². The first kappa shape index (κ1) is 15.1. The third-order valence-corrected chi connectivity index (χ3v) is 3.58. The number of benzene rings is 1. The number of nitrogens with zero attached hydrogens (tertiary/aromatic N) is 1. The van der Waals surface area contributed by atoms with Gasteiger partial charge < -0.3 is 5.11 Å². The molecule has 0 radical (unpaired) electrons. The molecule has 0 bridgehead atoms. The lowest BCUT2D eigenvalue weighted by atomic mass is 9.74. The van der Waals surface area contributed by atoms with Gasteiger partial charge >= 0.3 is 11.7 Å². The monoisotopic (exact) mass is 269 g/mol. The first-order valence-electron chi connectivity index (χ1n) is 5.85. The third-order valence-electron chi connectivity index (χ3n) is 3.58. The maximum atomic E-state index is 13.9. The molecule has 5 nitrogen and oxygen atoms in total. The molecule has 1 aromatic rings. The van der Waals surface area contributed by atoms with Crippen LogP contribution in [-0.4, -0.2) is 16.0 Å². The molecule has 104 valence electrons. The van der Waals surface area contributed by atoms with Gasteiger partial charge in [-0.1, -0.05) is 26.0 Å². The summed E-state index contributed by atoms with van der Waals surface area (Å²) >= 11 is 0. The molecule has 0 saturated carbocycles.